The molecule has 0 unspecified atom stereocenters. The average molecular weight is 269 g/mol. The van der Waals surface area contributed by atoms with Crippen LogP contribution in [0.4, 0.5) is 0 Å². The Bertz CT molecular complexity index is 766. The fourth-order valence-corrected chi connectivity index (χ4v) is 1.78. The monoisotopic (exact) mass is 269 g/mol. The van der Waals surface area contributed by atoms with Crippen LogP contribution in [0.3, 0.4) is 0 Å². The van der Waals surface area contributed by atoms with Crippen LogP contribution in [-0.2, 0) is 4.79 Å². The van der Waals surface area contributed by atoms with Crippen LogP contribution in [0, 0.1) is 18.3 Å². The van der Waals surface area contributed by atoms with E-state index in [2.05, 4.69) is 11.6 Å². The van der Waals surface area contributed by atoms with Gasteiger partial charge in [-0.1, -0.05) is 12.6 Å². The molecular formula is C14H11N3O3. The number of nitriles is 1. The second-order valence-electron chi connectivity index (χ2n) is 3.95. The Kier molecular flexibility index (Phi) is 3.53. The summed E-state index contributed by atoms with van der Waals surface area (Å²) in [7, 11) is 0. The van der Waals surface area contributed by atoms with E-state index in [1.165, 1.54) is 12.3 Å². The molecule has 2 aromatic rings. The molecule has 2 aromatic heterocycles. The molecule has 0 amide bonds. The third-order valence-electron chi connectivity index (χ3n) is 2.68. The normalized spacial score (nSPS) is 11.1. The Balaban J connectivity index is 2.76. The highest BCUT2D eigenvalue weighted by Gasteiger charge is 2.15. The molecule has 1 N–H and O–H groups in total. The summed E-state index contributed by atoms with van der Waals surface area (Å²) in [6.45, 7) is 5.32. The molecule has 0 aliphatic heterocycles. The molecule has 0 bridgehead atoms. The fourth-order valence-electron chi connectivity index (χ4n) is 1.78. The maximum absolute atomic E-state index is 10.9. The number of ether oxygens (including phenoxy) is 1. The smallest absolute Gasteiger partial charge is 0.346 e. The first kappa shape index (κ1) is 13.4. The summed E-state index contributed by atoms with van der Waals surface area (Å²) in [6.07, 6.45) is 4.13. The lowest BCUT2D eigenvalue weighted by atomic mass is 10.2. The van der Waals surface area contributed by atoms with Gasteiger partial charge in [0, 0.05) is 6.20 Å². The first-order valence-corrected chi connectivity index (χ1v) is 5.68. The fraction of sp³-hybridized carbons (Fsp3) is 0.0714. The van der Waals surface area contributed by atoms with Gasteiger partial charge in [-0.2, -0.15) is 10.2 Å². The largest absolute Gasteiger partial charge is 0.477 e. The summed E-state index contributed by atoms with van der Waals surface area (Å²) in [6, 6.07) is 5.30. The topological polar surface area (TPSA) is 87.6 Å². The summed E-state index contributed by atoms with van der Waals surface area (Å²) < 4.78 is 6.85. The maximum Gasteiger partial charge on any atom is 0.346 e. The zero-order valence-corrected chi connectivity index (χ0v) is 10.7. The molecule has 0 spiro atoms. The number of aromatic nitrogens is 2. The second kappa shape index (κ2) is 5.28. The molecule has 0 aliphatic rings. The van der Waals surface area contributed by atoms with Crippen molar-refractivity contribution in [2.24, 2.45) is 0 Å². The Morgan fingerprint density at radius 3 is 3.00 bits per heavy atom. The van der Waals surface area contributed by atoms with E-state index in [1.807, 2.05) is 13.0 Å². The quantitative estimate of drug-likeness (QED) is 0.522. The molecule has 0 fully saturated rings. The second-order valence-corrected chi connectivity index (χ2v) is 3.95. The minimum Gasteiger partial charge on any atom is -0.477 e. The molecule has 2 rings (SSSR count). The van der Waals surface area contributed by atoms with E-state index < -0.39 is 11.5 Å². The van der Waals surface area contributed by atoms with Crippen molar-refractivity contribution in [3.63, 3.8) is 0 Å². The van der Waals surface area contributed by atoms with E-state index >= 15 is 0 Å². The maximum atomic E-state index is 10.9. The zero-order chi connectivity index (χ0) is 14.7. The Hall–Kier alpha value is -3.07. The van der Waals surface area contributed by atoms with E-state index in [1.54, 1.807) is 22.7 Å². The lowest BCUT2D eigenvalue weighted by molar-refractivity contribution is -0.132. The molecule has 0 saturated heterocycles. The SMILES string of the molecule is C=COc1nc2c(C)cccn2c1C=C(C#N)C(=O)O. The molecule has 2 heterocycles. The number of pyridine rings is 1. The number of carboxylic acid groups (broad SMARTS) is 1. The van der Waals surface area contributed by atoms with Crippen molar-refractivity contribution in [1.82, 2.24) is 9.38 Å². The van der Waals surface area contributed by atoms with E-state index in [-0.39, 0.29) is 5.88 Å². The van der Waals surface area contributed by atoms with E-state index in [4.69, 9.17) is 15.1 Å². The van der Waals surface area contributed by atoms with Crippen LogP contribution in [0.2, 0.25) is 0 Å². The van der Waals surface area contributed by atoms with Crippen molar-refractivity contribution in [2.75, 3.05) is 0 Å². The average Bonchev–Trinajstić information content (AvgIpc) is 2.75. The third kappa shape index (κ3) is 2.24. The Morgan fingerprint density at radius 2 is 2.40 bits per heavy atom. The number of carbonyl (C=O) groups is 1. The highest BCUT2D eigenvalue weighted by Crippen LogP contribution is 2.24. The number of aryl methyl sites for hydroxylation is 1. The zero-order valence-electron chi connectivity index (χ0n) is 10.7. The number of nitrogens with zero attached hydrogens (tertiary/aromatic N) is 3. The summed E-state index contributed by atoms with van der Waals surface area (Å²) >= 11 is 0. The molecule has 0 atom stereocenters. The summed E-state index contributed by atoms with van der Waals surface area (Å²) in [5.41, 5.74) is 1.50. The number of aliphatic carboxylic acids is 1. The van der Waals surface area contributed by atoms with Crippen LogP contribution in [0.25, 0.3) is 11.7 Å². The van der Waals surface area contributed by atoms with Crippen molar-refractivity contribution in [1.29, 1.82) is 5.26 Å². The van der Waals surface area contributed by atoms with Gasteiger partial charge < -0.3 is 9.84 Å². The summed E-state index contributed by atoms with van der Waals surface area (Å²) in [5.74, 6) is -1.11. The molecule has 6 nitrogen and oxygen atoms in total. The predicted molar refractivity (Wildman–Crippen MR) is 72.0 cm³/mol. The van der Waals surface area contributed by atoms with Gasteiger partial charge in [-0.25, -0.2) is 4.79 Å². The van der Waals surface area contributed by atoms with Crippen molar-refractivity contribution in [3.05, 3.63) is 48.0 Å². The Morgan fingerprint density at radius 1 is 1.65 bits per heavy atom. The molecular weight excluding hydrogens is 258 g/mol. The molecule has 0 aliphatic carbocycles. The lowest BCUT2D eigenvalue weighted by Gasteiger charge is -2.00. The molecule has 20 heavy (non-hydrogen) atoms. The van der Waals surface area contributed by atoms with Gasteiger partial charge in [-0.05, 0) is 24.6 Å². The van der Waals surface area contributed by atoms with Gasteiger partial charge >= 0.3 is 5.97 Å². The van der Waals surface area contributed by atoms with Crippen LogP contribution in [0.5, 0.6) is 5.88 Å². The van der Waals surface area contributed by atoms with Gasteiger partial charge in [-0.3, -0.25) is 4.40 Å². The number of fused-ring (bicyclic) bond motifs is 1. The van der Waals surface area contributed by atoms with Gasteiger partial charge in [0.25, 0.3) is 0 Å². The van der Waals surface area contributed by atoms with Crippen molar-refractivity contribution < 1.29 is 14.6 Å². The lowest BCUT2D eigenvalue weighted by Crippen LogP contribution is -1.99. The number of hydrogen-bond donors (Lipinski definition) is 1. The minimum absolute atomic E-state index is 0.198. The van der Waals surface area contributed by atoms with Crippen LogP contribution in [0.1, 0.15) is 11.3 Å². The number of rotatable bonds is 4. The number of carboxylic acids is 1. The van der Waals surface area contributed by atoms with Crippen LogP contribution >= 0.6 is 0 Å². The standard InChI is InChI=1S/C14H11N3O3/c1-3-20-13-11(7-10(8-15)14(18)19)17-6-4-5-9(2)12(17)16-13/h3-7H,1H2,2H3,(H,18,19). The first-order valence-electron chi connectivity index (χ1n) is 5.68. The predicted octanol–water partition coefficient (Wildman–Crippen LogP) is 2.16. The highest BCUT2D eigenvalue weighted by molar-refractivity contribution is 5.96. The van der Waals surface area contributed by atoms with E-state index in [0.29, 0.717) is 11.3 Å². The van der Waals surface area contributed by atoms with Crippen LogP contribution < -0.4 is 4.74 Å². The van der Waals surface area contributed by atoms with Gasteiger partial charge in [0.05, 0.1) is 6.26 Å². The van der Waals surface area contributed by atoms with E-state index in [0.717, 1.165) is 5.56 Å². The molecule has 0 saturated carbocycles. The molecule has 0 radical (unpaired) electrons. The number of imidazole rings is 1. The van der Waals surface area contributed by atoms with Gasteiger partial charge in [0.2, 0.25) is 5.88 Å². The minimum atomic E-state index is -1.31. The van der Waals surface area contributed by atoms with Crippen LogP contribution in [0.15, 0.2) is 36.7 Å². The van der Waals surface area contributed by atoms with Crippen molar-refractivity contribution in [2.45, 2.75) is 6.92 Å². The van der Waals surface area contributed by atoms with Crippen molar-refractivity contribution in [3.8, 4) is 11.9 Å². The molecule has 0 aromatic carbocycles. The summed E-state index contributed by atoms with van der Waals surface area (Å²) in [4.78, 5) is 15.2. The summed E-state index contributed by atoms with van der Waals surface area (Å²) in [5, 5.41) is 17.8. The van der Waals surface area contributed by atoms with Crippen molar-refractivity contribution >= 4 is 17.7 Å². The Labute approximate surface area is 114 Å². The molecule has 6 heteroatoms. The highest BCUT2D eigenvalue weighted by atomic mass is 16.5. The molecule has 100 valence electrons. The first-order chi connectivity index (χ1) is 9.58. The van der Waals surface area contributed by atoms with Gasteiger partial charge in [-0.15, -0.1) is 0 Å². The van der Waals surface area contributed by atoms with Gasteiger partial charge in [0.1, 0.15) is 23.0 Å². The number of hydrogen-bond acceptors (Lipinski definition) is 4. The van der Waals surface area contributed by atoms with E-state index in [9.17, 15) is 4.79 Å². The van der Waals surface area contributed by atoms with Crippen LogP contribution in [-0.4, -0.2) is 20.5 Å². The van der Waals surface area contributed by atoms with Gasteiger partial charge in [0.15, 0.2) is 0 Å². The third-order valence-corrected chi connectivity index (χ3v) is 2.68.